The summed E-state index contributed by atoms with van der Waals surface area (Å²) >= 11 is 0. The Morgan fingerprint density at radius 2 is 1.96 bits per heavy atom. The van der Waals surface area contributed by atoms with Gasteiger partial charge in [0.2, 0.25) is 5.72 Å². The maximum atomic E-state index is 13.3. The van der Waals surface area contributed by atoms with Crippen LogP contribution in [0.1, 0.15) is 20.8 Å². The van der Waals surface area contributed by atoms with Crippen molar-refractivity contribution in [2.45, 2.75) is 26.5 Å². The monoisotopic (exact) mass is 379 g/mol. The Morgan fingerprint density at radius 3 is 2.57 bits per heavy atom. The molecule has 28 heavy (non-hydrogen) atoms. The SMILES string of the molecule is COC(=O)C1=C2C(=O)N3C=CC=CC3=C3C(=O)OC(C(C)(C)C)(C(C#N)=C1)N23. The molecule has 4 rings (SSSR count). The van der Waals surface area contributed by atoms with Crippen LogP contribution in [0.25, 0.3) is 0 Å². The van der Waals surface area contributed by atoms with E-state index in [1.165, 1.54) is 29.2 Å². The van der Waals surface area contributed by atoms with Crippen molar-refractivity contribution in [1.82, 2.24) is 9.80 Å². The molecule has 0 aromatic carbocycles. The molecule has 0 saturated carbocycles. The lowest BCUT2D eigenvalue weighted by atomic mass is 9.74. The molecular formula is C20H17N3O5. The Morgan fingerprint density at radius 1 is 1.25 bits per heavy atom. The molecule has 1 saturated heterocycles. The highest BCUT2D eigenvalue weighted by Gasteiger charge is 2.66. The zero-order chi connectivity index (χ0) is 20.4. The summed E-state index contributed by atoms with van der Waals surface area (Å²) in [5, 5.41) is 9.84. The zero-order valence-electron chi connectivity index (χ0n) is 15.8. The van der Waals surface area contributed by atoms with Crippen LogP contribution < -0.4 is 0 Å². The molecule has 8 nitrogen and oxygen atoms in total. The van der Waals surface area contributed by atoms with Gasteiger partial charge in [-0.1, -0.05) is 26.8 Å². The molecule has 1 amide bonds. The predicted molar refractivity (Wildman–Crippen MR) is 95.0 cm³/mol. The first-order valence-corrected chi connectivity index (χ1v) is 8.60. The molecule has 4 aliphatic rings. The molecule has 0 aliphatic carbocycles. The Balaban J connectivity index is 2.16. The Hall–Kier alpha value is -3.60. The summed E-state index contributed by atoms with van der Waals surface area (Å²) in [6.07, 6.45) is 7.75. The van der Waals surface area contributed by atoms with Gasteiger partial charge in [-0.15, -0.1) is 0 Å². The van der Waals surface area contributed by atoms with Crippen LogP contribution in [0, 0.1) is 16.7 Å². The number of amides is 1. The first-order chi connectivity index (χ1) is 13.2. The van der Waals surface area contributed by atoms with Crippen LogP contribution in [0.3, 0.4) is 0 Å². The number of ether oxygens (including phenoxy) is 2. The number of allylic oxidation sites excluding steroid dienone is 3. The second-order valence-corrected chi connectivity index (χ2v) is 7.65. The second-order valence-electron chi connectivity index (χ2n) is 7.65. The van der Waals surface area contributed by atoms with E-state index in [1.54, 1.807) is 39.0 Å². The largest absolute Gasteiger partial charge is 0.465 e. The Bertz CT molecular complexity index is 1040. The highest BCUT2D eigenvalue weighted by atomic mass is 16.6. The summed E-state index contributed by atoms with van der Waals surface area (Å²) in [6.45, 7) is 5.40. The number of nitriles is 1. The van der Waals surface area contributed by atoms with E-state index >= 15 is 0 Å². The van der Waals surface area contributed by atoms with E-state index in [0.717, 1.165) is 0 Å². The smallest absolute Gasteiger partial charge is 0.359 e. The molecule has 1 atom stereocenters. The first kappa shape index (κ1) is 17.8. The van der Waals surface area contributed by atoms with Crippen molar-refractivity contribution in [3.8, 4) is 6.07 Å². The normalized spacial score (nSPS) is 25.3. The van der Waals surface area contributed by atoms with Gasteiger partial charge in [-0.3, -0.25) is 14.6 Å². The van der Waals surface area contributed by atoms with Gasteiger partial charge in [-0.25, -0.2) is 9.59 Å². The van der Waals surface area contributed by atoms with E-state index < -0.39 is 29.0 Å². The molecule has 1 unspecified atom stereocenters. The number of hydrogen-bond donors (Lipinski definition) is 0. The van der Waals surface area contributed by atoms with Gasteiger partial charge in [0, 0.05) is 11.6 Å². The minimum Gasteiger partial charge on any atom is -0.465 e. The standard InChI is InChI=1S/C20H17N3O5/c1-19(2,3)20-11(10-21)9-12(17(25)27-4)14-16(24)22-8-6-5-7-13(22)15(23(14)20)18(26)28-20/h5-9H,1-4H3. The number of fused-ring (bicyclic) bond motifs is 1. The minimum atomic E-state index is -1.55. The third-order valence-electron chi connectivity index (χ3n) is 5.17. The van der Waals surface area contributed by atoms with Gasteiger partial charge in [-0.2, -0.15) is 5.26 Å². The molecule has 142 valence electrons. The van der Waals surface area contributed by atoms with Gasteiger partial charge >= 0.3 is 11.9 Å². The van der Waals surface area contributed by atoms with E-state index in [9.17, 15) is 19.6 Å². The molecule has 0 aromatic rings. The van der Waals surface area contributed by atoms with E-state index in [4.69, 9.17) is 9.47 Å². The fourth-order valence-corrected chi connectivity index (χ4v) is 3.98. The number of methoxy groups -OCH3 is 1. The summed E-state index contributed by atoms with van der Waals surface area (Å²) in [4.78, 5) is 41.5. The minimum absolute atomic E-state index is 0.0460. The predicted octanol–water partition coefficient (Wildman–Crippen LogP) is 1.62. The number of esters is 2. The lowest BCUT2D eigenvalue weighted by Crippen LogP contribution is -2.60. The van der Waals surface area contributed by atoms with Crippen molar-refractivity contribution < 1.29 is 23.9 Å². The molecule has 1 fully saturated rings. The van der Waals surface area contributed by atoms with Crippen molar-refractivity contribution in [3.05, 3.63) is 58.7 Å². The highest BCUT2D eigenvalue weighted by molar-refractivity contribution is 6.10. The number of carbonyl (C=O) groups excluding carboxylic acids is 3. The van der Waals surface area contributed by atoms with Crippen LogP contribution in [-0.2, 0) is 23.9 Å². The summed E-state index contributed by atoms with van der Waals surface area (Å²) in [5.41, 5.74) is -2.01. The molecule has 0 bridgehead atoms. The fraction of sp³-hybridized carbons (Fsp3) is 0.300. The molecule has 4 heterocycles. The maximum Gasteiger partial charge on any atom is 0.359 e. The zero-order valence-corrected chi connectivity index (χ0v) is 15.8. The average Bonchev–Trinajstić information content (AvgIpc) is 2.99. The summed E-state index contributed by atoms with van der Waals surface area (Å²) < 4.78 is 10.6. The quantitative estimate of drug-likeness (QED) is 0.638. The van der Waals surface area contributed by atoms with Gasteiger partial charge in [0.1, 0.15) is 11.8 Å². The number of carbonyl (C=O) groups is 3. The topological polar surface area (TPSA) is 99.9 Å². The highest BCUT2D eigenvalue weighted by Crippen LogP contribution is 2.56. The van der Waals surface area contributed by atoms with Crippen LogP contribution >= 0.6 is 0 Å². The van der Waals surface area contributed by atoms with Crippen molar-refractivity contribution in [2.24, 2.45) is 5.41 Å². The van der Waals surface area contributed by atoms with Crippen LogP contribution in [0.4, 0.5) is 0 Å². The van der Waals surface area contributed by atoms with Crippen molar-refractivity contribution in [3.63, 3.8) is 0 Å². The van der Waals surface area contributed by atoms with E-state index in [2.05, 4.69) is 0 Å². The summed E-state index contributed by atoms with van der Waals surface area (Å²) in [7, 11) is 1.19. The fourth-order valence-electron chi connectivity index (χ4n) is 3.98. The molecule has 0 N–H and O–H groups in total. The first-order valence-electron chi connectivity index (χ1n) is 8.60. The van der Waals surface area contributed by atoms with Gasteiger partial charge in [0.25, 0.3) is 5.91 Å². The third-order valence-corrected chi connectivity index (χ3v) is 5.17. The van der Waals surface area contributed by atoms with Crippen LogP contribution in [-0.4, -0.2) is 40.5 Å². The maximum absolute atomic E-state index is 13.3. The van der Waals surface area contributed by atoms with Gasteiger partial charge in [-0.05, 0) is 18.2 Å². The van der Waals surface area contributed by atoms with E-state index in [-0.39, 0.29) is 22.5 Å². The van der Waals surface area contributed by atoms with Crippen LogP contribution in [0.15, 0.2) is 58.7 Å². The number of rotatable bonds is 1. The number of nitrogens with zero attached hydrogens (tertiary/aromatic N) is 3. The summed E-state index contributed by atoms with van der Waals surface area (Å²) in [5.74, 6) is -1.97. The van der Waals surface area contributed by atoms with Crippen LogP contribution in [0.2, 0.25) is 0 Å². The van der Waals surface area contributed by atoms with Gasteiger partial charge in [0.15, 0.2) is 5.70 Å². The average molecular weight is 379 g/mol. The lowest BCUT2D eigenvalue weighted by Gasteiger charge is -2.50. The molecule has 0 radical (unpaired) electrons. The third kappa shape index (κ3) is 1.90. The molecule has 8 heteroatoms. The number of hydrogen-bond acceptors (Lipinski definition) is 7. The van der Waals surface area contributed by atoms with Gasteiger partial charge in [0.05, 0.1) is 24.0 Å². The van der Waals surface area contributed by atoms with Crippen molar-refractivity contribution in [1.29, 1.82) is 5.26 Å². The molecule has 4 aliphatic heterocycles. The van der Waals surface area contributed by atoms with Gasteiger partial charge < -0.3 is 9.47 Å². The molecular weight excluding hydrogens is 362 g/mol. The van der Waals surface area contributed by atoms with E-state index in [0.29, 0.717) is 5.70 Å². The van der Waals surface area contributed by atoms with Crippen LogP contribution in [0.5, 0.6) is 0 Å². The molecule has 0 spiro atoms. The lowest BCUT2D eigenvalue weighted by molar-refractivity contribution is -0.163. The Labute approximate surface area is 161 Å². The van der Waals surface area contributed by atoms with Crippen molar-refractivity contribution >= 4 is 17.8 Å². The summed E-state index contributed by atoms with van der Waals surface area (Å²) in [6, 6.07) is 2.05. The van der Waals surface area contributed by atoms with Crippen molar-refractivity contribution in [2.75, 3.05) is 7.11 Å². The van der Waals surface area contributed by atoms with E-state index in [1.807, 2.05) is 6.07 Å². The Kier molecular flexibility index (Phi) is 3.47. The second kappa shape index (κ2) is 5.45. The molecule has 0 aromatic heterocycles.